The number of aromatic nitrogens is 1. The molecule has 0 unspecified atom stereocenters. The van der Waals surface area contributed by atoms with Crippen LogP contribution in [-0.4, -0.2) is 13.6 Å². The Bertz CT molecular complexity index is 907. The third-order valence-electron chi connectivity index (χ3n) is 4.83. The molecule has 0 radical (unpaired) electrons. The number of para-hydroxylation sites is 1. The van der Waals surface area contributed by atoms with E-state index in [9.17, 15) is 0 Å². The molecule has 0 saturated heterocycles. The highest BCUT2D eigenvalue weighted by atomic mass is 32.1. The summed E-state index contributed by atoms with van der Waals surface area (Å²) in [5.41, 5.74) is 5.50. The van der Waals surface area contributed by atoms with Gasteiger partial charge in [0.1, 0.15) is 11.2 Å². The van der Waals surface area contributed by atoms with E-state index in [0.29, 0.717) is 0 Å². The van der Waals surface area contributed by atoms with Crippen LogP contribution in [0.2, 0.25) is 0 Å². The van der Waals surface area contributed by atoms with E-state index in [0.717, 1.165) is 6.54 Å². The molecule has 0 fully saturated rings. The molecule has 2 aromatic carbocycles. The normalized spacial score (nSPS) is 14.5. The molecule has 1 aliphatic heterocycles. The van der Waals surface area contributed by atoms with E-state index < -0.39 is 0 Å². The van der Waals surface area contributed by atoms with E-state index in [4.69, 9.17) is 0 Å². The lowest BCUT2D eigenvalue weighted by molar-refractivity contribution is -0.665. The van der Waals surface area contributed by atoms with Crippen LogP contribution in [0.4, 0.5) is 5.69 Å². The molecule has 2 heterocycles. The number of hydrogen-bond donors (Lipinski definition) is 0. The SMILES string of the molecule is CC[n+]1c(/C=C/c2ccc3c(c2)CCCN3C)sc2ccccc21. The Kier molecular flexibility index (Phi) is 4.11. The Morgan fingerprint density at radius 2 is 2.04 bits per heavy atom. The van der Waals surface area contributed by atoms with Crippen molar-refractivity contribution < 1.29 is 4.57 Å². The Balaban J connectivity index is 1.68. The molecule has 1 aromatic heterocycles. The van der Waals surface area contributed by atoms with Gasteiger partial charge in [-0.3, -0.25) is 0 Å². The van der Waals surface area contributed by atoms with Crippen LogP contribution >= 0.6 is 11.3 Å². The fourth-order valence-corrected chi connectivity index (χ4v) is 4.71. The first-order valence-electron chi connectivity index (χ1n) is 8.70. The molecule has 0 aliphatic carbocycles. The van der Waals surface area contributed by atoms with Gasteiger partial charge < -0.3 is 4.90 Å². The zero-order valence-corrected chi connectivity index (χ0v) is 15.1. The predicted octanol–water partition coefficient (Wildman–Crippen LogP) is 4.76. The Labute approximate surface area is 147 Å². The second kappa shape index (κ2) is 6.40. The van der Waals surface area contributed by atoms with Crippen LogP contribution in [0.1, 0.15) is 29.5 Å². The van der Waals surface area contributed by atoms with Crippen molar-refractivity contribution in [2.75, 3.05) is 18.5 Å². The highest BCUT2D eigenvalue weighted by Crippen LogP contribution is 2.28. The van der Waals surface area contributed by atoms with Gasteiger partial charge >= 0.3 is 0 Å². The average Bonchev–Trinajstić information content (AvgIpc) is 2.97. The van der Waals surface area contributed by atoms with Crippen molar-refractivity contribution in [3.05, 3.63) is 58.6 Å². The molecule has 122 valence electrons. The van der Waals surface area contributed by atoms with Gasteiger partial charge in [0.05, 0.1) is 0 Å². The summed E-state index contributed by atoms with van der Waals surface area (Å²) in [5, 5.41) is 1.31. The van der Waals surface area contributed by atoms with E-state index in [-0.39, 0.29) is 0 Å². The topological polar surface area (TPSA) is 7.12 Å². The minimum Gasteiger partial charge on any atom is -0.374 e. The molecule has 0 spiro atoms. The second-order valence-corrected chi connectivity index (χ2v) is 7.46. The number of fused-ring (bicyclic) bond motifs is 2. The molecule has 24 heavy (non-hydrogen) atoms. The fourth-order valence-electron chi connectivity index (χ4n) is 3.58. The van der Waals surface area contributed by atoms with Gasteiger partial charge in [-0.2, -0.15) is 4.57 Å². The smallest absolute Gasteiger partial charge is 0.262 e. The first kappa shape index (κ1) is 15.4. The average molecular weight is 335 g/mol. The molecule has 0 bridgehead atoms. The van der Waals surface area contributed by atoms with Gasteiger partial charge in [-0.1, -0.05) is 29.5 Å². The largest absolute Gasteiger partial charge is 0.374 e. The van der Waals surface area contributed by atoms with Crippen LogP contribution in [0.15, 0.2) is 42.5 Å². The number of anilines is 1. The molecular weight excluding hydrogens is 312 g/mol. The summed E-state index contributed by atoms with van der Waals surface area (Å²) in [6, 6.07) is 15.5. The minimum absolute atomic E-state index is 0.999. The van der Waals surface area contributed by atoms with Crippen molar-refractivity contribution in [1.82, 2.24) is 0 Å². The molecule has 2 nitrogen and oxygen atoms in total. The van der Waals surface area contributed by atoms with Gasteiger partial charge in [-0.25, -0.2) is 0 Å². The summed E-state index contributed by atoms with van der Waals surface area (Å²) in [7, 11) is 2.19. The monoisotopic (exact) mass is 335 g/mol. The van der Waals surface area contributed by atoms with Crippen molar-refractivity contribution >= 4 is 39.4 Å². The zero-order chi connectivity index (χ0) is 16.5. The number of hydrogen-bond acceptors (Lipinski definition) is 2. The van der Waals surface area contributed by atoms with Crippen molar-refractivity contribution in [2.24, 2.45) is 0 Å². The summed E-state index contributed by atoms with van der Waals surface area (Å²) < 4.78 is 3.74. The van der Waals surface area contributed by atoms with Crippen molar-refractivity contribution in [1.29, 1.82) is 0 Å². The highest BCUT2D eigenvalue weighted by Gasteiger charge is 2.16. The summed E-state index contributed by atoms with van der Waals surface area (Å²) in [6.45, 7) is 4.38. The van der Waals surface area contributed by atoms with Gasteiger partial charge in [0.15, 0.2) is 0 Å². The summed E-state index contributed by atoms with van der Waals surface area (Å²) in [5.74, 6) is 0. The van der Waals surface area contributed by atoms with E-state index in [1.165, 1.54) is 51.4 Å². The first-order chi connectivity index (χ1) is 11.8. The lowest BCUT2D eigenvalue weighted by atomic mass is 9.99. The lowest BCUT2D eigenvalue weighted by Gasteiger charge is -2.27. The fraction of sp³-hybridized carbons (Fsp3) is 0.286. The van der Waals surface area contributed by atoms with E-state index in [2.05, 4.69) is 78.1 Å². The highest BCUT2D eigenvalue weighted by molar-refractivity contribution is 7.18. The van der Waals surface area contributed by atoms with Gasteiger partial charge in [0, 0.05) is 31.4 Å². The van der Waals surface area contributed by atoms with Crippen LogP contribution < -0.4 is 9.47 Å². The molecule has 0 atom stereocenters. The third kappa shape index (κ3) is 2.73. The number of thiazole rings is 1. The van der Waals surface area contributed by atoms with Gasteiger partial charge in [0.2, 0.25) is 5.52 Å². The van der Waals surface area contributed by atoms with Gasteiger partial charge in [-0.05, 0) is 55.2 Å². The molecule has 3 aromatic rings. The van der Waals surface area contributed by atoms with Crippen molar-refractivity contribution in [3.8, 4) is 0 Å². The van der Waals surface area contributed by atoms with E-state index >= 15 is 0 Å². The standard InChI is InChI=1S/C21H23N2S/c1-3-23-19-8-4-5-9-20(19)24-21(23)13-11-16-10-12-18-17(15-16)7-6-14-22(18)2/h4-5,8-13,15H,3,6-7,14H2,1-2H3/q+1. The Morgan fingerprint density at radius 1 is 1.17 bits per heavy atom. The zero-order valence-electron chi connectivity index (χ0n) is 14.3. The third-order valence-corrected chi connectivity index (χ3v) is 5.96. The molecule has 0 saturated carbocycles. The van der Waals surface area contributed by atoms with E-state index in [1.807, 2.05) is 11.3 Å². The van der Waals surface area contributed by atoms with Crippen LogP contribution in [-0.2, 0) is 13.0 Å². The quantitative estimate of drug-likeness (QED) is 0.626. The van der Waals surface area contributed by atoms with Crippen LogP contribution in [0.3, 0.4) is 0 Å². The molecule has 0 N–H and O–H groups in total. The predicted molar refractivity (Wildman–Crippen MR) is 105 cm³/mol. The second-order valence-electron chi connectivity index (χ2n) is 6.40. The molecule has 3 heteroatoms. The lowest BCUT2D eigenvalue weighted by Crippen LogP contribution is -2.33. The van der Waals surface area contributed by atoms with Crippen molar-refractivity contribution in [3.63, 3.8) is 0 Å². The van der Waals surface area contributed by atoms with Gasteiger partial charge in [0.25, 0.3) is 5.01 Å². The van der Waals surface area contributed by atoms with Crippen molar-refractivity contribution in [2.45, 2.75) is 26.3 Å². The maximum absolute atomic E-state index is 2.39. The Morgan fingerprint density at radius 3 is 2.92 bits per heavy atom. The summed E-state index contributed by atoms with van der Waals surface area (Å²) in [4.78, 5) is 2.36. The maximum Gasteiger partial charge on any atom is 0.262 e. The van der Waals surface area contributed by atoms with E-state index in [1.54, 1.807) is 0 Å². The summed E-state index contributed by atoms with van der Waals surface area (Å²) >= 11 is 1.86. The minimum atomic E-state index is 0.999. The van der Waals surface area contributed by atoms with Crippen LogP contribution in [0.5, 0.6) is 0 Å². The maximum atomic E-state index is 2.39. The first-order valence-corrected chi connectivity index (χ1v) is 9.51. The molecule has 0 amide bonds. The molecular formula is C21H23N2S+. The van der Waals surface area contributed by atoms with Crippen LogP contribution in [0, 0.1) is 0 Å². The number of aryl methyl sites for hydroxylation is 2. The Hall–Kier alpha value is -2.13. The molecule has 1 aliphatic rings. The number of benzene rings is 2. The number of rotatable bonds is 3. The van der Waals surface area contributed by atoms with Crippen LogP contribution in [0.25, 0.3) is 22.4 Å². The number of nitrogens with zero attached hydrogens (tertiary/aromatic N) is 2. The molecule has 4 rings (SSSR count). The summed E-state index contributed by atoms with van der Waals surface area (Å²) in [6.07, 6.45) is 6.97. The van der Waals surface area contributed by atoms with Gasteiger partial charge in [-0.15, -0.1) is 0 Å².